The summed E-state index contributed by atoms with van der Waals surface area (Å²) in [5.41, 5.74) is 2.04. The van der Waals surface area contributed by atoms with Gasteiger partial charge in [-0.1, -0.05) is 0 Å². The number of hydrogen-bond donors (Lipinski definition) is 0. The Balaban J connectivity index is 2.05. The normalized spacial score (nSPS) is 21.1. The number of nitrogens with zero attached hydrogens (tertiary/aromatic N) is 4. The number of rotatable bonds is 2. The van der Waals surface area contributed by atoms with Crippen LogP contribution in [0.5, 0.6) is 0 Å². The third kappa shape index (κ3) is 2.24. The van der Waals surface area contributed by atoms with E-state index in [0.717, 1.165) is 5.52 Å². The van der Waals surface area contributed by atoms with Gasteiger partial charge in [0.05, 0.1) is 29.7 Å². The first kappa shape index (κ1) is 14.1. The average molecular weight is 312 g/mol. The van der Waals surface area contributed by atoms with Gasteiger partial charge in [0.1, 0.15) is 23.3 Å². The first-order valence-corrected chi connectivity index (χ1v) is 7.63. The Morgan fingerprint density at radius 3 is 2.91 bits per heavy atom. The van der Waals surface area contributed by atoms with Crippen molar-refractivity contribution in [2.45, 2.75) is 37.9 Å². The van der Waals surface area contributed by atoms with Gasteiger partial charge < -0.3 is 4.57 Å². The third-order valence-corrected chi connectivity index (χ3v) is 4.49. The van der Waals surface area contributed by atoms with Crippen LogP contribution in [-0.4, -0.2) is 20.7 Å². The van der Waals surface area contributed by atoms with Gasteiger partial charge in [-0.2, -0.15) is 5.26 Å². The van der Waals surface area contributed by atoms with Gasteiger partial charge in [-0.05, 0) is 37.5 Å². The highest BCUT2D eigenvalue weighted by Crippen LogP contribution is 2.37. The van der Waals surface area contributed by atoms with Gasteiger partial charge in [0.25, 0.3) is 0 Å². The topological polar surface area (TPSA) is 54.5 Å². The Labute approximate surface area is 131 Å². The smallest absolute Gasteiger partial charge is 0.124 e. The van der Waals surface area contributed by atoms with E-state index in [4.69, 9.17) is 5.26 Å². The highest BCUT2D eigenvalue weighted by Gasteiger charge is 2.29. The number of pyridine rings is 1. The summed E-state index contributed by atoms with van der Waals surface area (Å²) in [7, 11) is 0. The molecule has 2 aromatic heterocycles. The predicted octanol–water partition coefficient (Wildman–Crippen LogP) is 3.85. The summed E-state index contributed by atoms with van der Waals surface area (Å²) in [6, 6.07) is 6.48. The van der Waals surface area contributed by atoms with E-state index in [0.29, 0.717) is 41.5 Å². The van der Waals surface area contributed by atoms with E-state index in [-0.39, 0.29) is 18.3 Å². The van der Waals surface area contributed by atoms with Crippen LogP contribution in [0.2, 0.25) is 0 Å². The molecule has 1 aromatic carbocycles. The van der Waals surface area contributed by atoms with Gasteiger partial charge in [-0.15, -0.1) is 0 Å². The predicted molar refractivity (Wildman–Crippen MR) is 82.1 cm³/mol. The molecule has 1 aliphatic rings. The number of aromatic nitrogens is 3. The van der Waals surface area contributed by atoms with Crippen LogP contribution in [0.4, 0.5) is 8.78 Å². The number of nitriles is 1. The zero-order valence-electron chi connectivity index (χ0n) is 12.3. The van der Waals surface area contributed by atoms with Crippen molar-refractivity contribution < 1.29 is 8.78 Å². The lowest BCUT2D eigenvalue weighted by Gasteiger charge is -2.16. The van der Waals surface area contributed by atoms with E-state index in [2.05, 4.69) is 16.0 Å². The molecule has 2 atom stereocenters. The lowest BCUT2D eigenvalue weighted by atomic mass is 10.1. The molecule has 0 radical (unpaired) electrons. The van der Waals surface area contributed by atoms with Crippen LogP contribution in [0.15, 0.2) is 24.4 Å². The zero-order chi connectivity index (χ0) is 16.0. The van der Waals surface area contributed by atoms with E-state index in [9.17, 15) is 8.78 Å². The molecule has 3 aromatic rings. The van der Waals surface area contributed by atoms with Gasteiger partial charge in [-0.25, -0.2) is 13.8 Å². The highest BCUT2D eigenvalue weighted by atomic mass is 19.1. The van der Waals surface area contributed by atoms with Crippen LogP contribution in [0.1, 0.15) is 31.1 Å². The van der Waals surface area contributed by atoms with Crippen molar-refractivity contribution in [3.63, 3.8) is 0 Å². The van der Waals surface area contributed by atoms with Crippen LogP contribution in [0.3, 0.4) is 0 Å². The molecule has 0 N–H and O–H groups in total. The SMILES string of the molecule is N#CCc1nc2cnc3ccc(F)cc3c2n1[C@H]1CC[C@@H](F)C1. The maximum atomic E-state index is 13.7. The maximum absolute atomic E-state index is 13.7. The molecule has 6 heteroatoms. The highest BCUT2D eigenvalue weighted by molar-refractivity contribution is 6.02. The molecule has 2 heterocycles. The second-order valence-electron chi connectivity index (χ2n) is 5.95. The summed E-state index contributed by atoms with van der Waals surface area (Å²) in [5.74, 6) is 0.247. The van der Waals surface area contributed by atoms with Crippen molar-refractivity contribution in [3.8, 4) is 6.07 Å². The Hall–Kier alpha value is -2.55. The molecule has 0 bridgehead atoms. The number of hydrogen-bond acceptors (Lipinski definition) is 3. The van der Waals surface area contributed by atoms with Crippen molar-refractivity contribution in [1.82, 2.24) is 14.5 Å². The Bertz CT molecular complexity index is 941. The van der Waals surface area contributed by atoms with Crippen LogP contribution in [0.25, 0.3) is 21.9 Å². The van der Waals surface area contributed by atoms with Crippen LogP contribution in [-0.2, 0) is 6.42 Å². The monoisotopic (exact) mass is 312 g/mol. The summed E-state index contributed by atoms with van der Waals surface area (Å²) < 4.78 is 29.3. The summed E-state index contributed by atoms with van der Waals surface area (Å²) in [5, 5.41) is 9.72. The number of fused-ring (bicyclic) bond motifs is 3. The maximum Gasteiger partial charge on any atom is 0.124 e. The van der Waals surface area contributed by atoms with Crippen molar-refractivity contribution >= 4 is 21.9 Å². The molecule has 0 aliphatic heterocycles. The number of alkyl halides is 1. The zero-order valence-corrected chi connectivity index (χ0v) is 12.3. The van der Waals surface area contributed by atoms with Crippen LogP contribution in [0, 0.1) is 17.1 Å². The quantitative estimate of drug-likeness (QED) is 0.722. The molecule has 23 heavy (non-hydrogen) atoms. The molecule has 1 saturated carbocycles. The minimum Gasteiger partial charge on any atom is -0.323 e. The second kappa shape index (κ2) is 5.27. The van der Waals surface area contributed by atoms with Crippen molar-refractivity contribution in [3.05, 3.63) is 36.0 Å². The molecule has 4 nitrogen and oxygen atoms in total. The fourth-order valence-electron chi connectivity index (χ4n) is 3.52. The molecule has 4 rings (SSSR count). The average Bonchev–Trinajstić information content (AvgIpc) is 3.10. The molecule has 1 fully saturated rings. The van der Waals surface area contributed by atoms with E-state index in [1.54, 1.807) is 12.3 Å². The van der Waals surface area contributed by atoms with Gasteiger partial charge in [0.15, 0.2) is 0 Å². The Morgan fingerprint density at radius 1 is 1.30 bits per heavy atom. The summed E-state index contributed by atoms with van der Waals surface area (Å²) in [6.07, 6.45) is 2.55. The van der Waals surface area contributed by atoms with Gasteiger partial charge in [-0.3, -0.25) is 4.98 Å². The summed E-state index contributed by atoms with van der Waals surface area (Å²) >= 11 is 0. The summed E-state index contributed by atoms with van der Waals surface area (Å²) in [6.45, 7) is 0. The minimum atomic E-state index is -0.836. The van der Waals surface area contributed by atoms with E-state index in [1.165, 1.54) is 12.1 Å². The molecule has 116 valence electrons. The molecule has 0 amide bonds. The van der Waals surface area contributed by atoms with E-state index >= 15 is 0 Å². The van der Waals surface area contributed by atoms with Gasteiger partial charge in [0.2, 0.25) is 0 Å². The lowest BCUT2D eigenvalue weighted by Crippen LogP contribution is -2.10. The first-order valence-electron chi connectivity index (χ1n) is 7.63. The van der Waals surface area contributed by atoms with E-state index < -0.39 is 6.17 Å². The fraction of sp³-hybridized carbons (Fsp3) is 0.353. The lowest BCUT2D eigenvalue weighted by molar-refractivity contribution is 0.330. The van der Waals surface area contributed by atoms with Crippen LogP contribution < -0.4 is 0 Å². The van der Waals surface area contributed by atoms with Crippen LogP contribution >= 0.6 is 0 Å². The summed E-state index contributed by atoms with van der Waals surface area (Å²) in [4.78, 5) is 8.79. The van der Waals surface area contributed by atoms with Crippen molar-refractivity contribution in [1.29, 1.82) is 5.26 Å². The van der Waals surface area contributed by atoms with Gasteiger partial charge >= 0.3 is 0 Å². The Morgan fingerprint density at radius 2 is 2.17 bits per heavy atom. The van der Waals surface area contributed by atoms with E-state index in [1.807, 2.05) is 4.57 Å². The van der Waals surface area contributed by atoms with Crippen molar-refractivity contribution in [2.24, 2.45) is 0 Å². The number of benzene rings is 1. The standard InChI is InChI=1S/C17H14F2N4/c18-10-1-3-12(7-10)23-16(5-6-20)22-15-9-21-14-4-2-11(19)8-13(14)17(15)23/h2,4,8-10,12H,1,3,5,7H2/t10-,12+/m1/s1. The molecule has 0 unspecified atom stereocenters. The molecule has 0 spiro atoms. The molecule has 0 saturated heterocycles. The number of halogens is 2. The van der Waals surface area contributed by atoms with Gasteiger partial charge in [0, 0.05) is 11.4 Å². The number of imidazole rings is 1. The van der Waals surface area contributed by atoms with Crippen molar-refractivity contribution in [2.75, 3.05) is 0 Å². The molecule has 1 aliphatic carbocycles. The fourth-order valence-corrected chi connectivity index (χ4v) is 3.52. The first-order chi connectivity index (χ1) is 11.2. The third-order valence-electron chi connectivity index (χ3n) is 4.49. The second-order valence-corrected chi connectivity index (χ2v) is 5.95. The molecular weight excluding hydrogens is 298 g/mol. The largest absolute Gasteiger partial charge is 0.323 e. The molecular formula is C17H14F2N4. The Kier molecular flexibility index (Phi) is 3.22. The minimum absolute atomic E-state index is 0.0489.